The van der Waals surface area contributed by atoms with Crippen molar-refractivity contribution >= 4 is 11.6 Å². The molecule has 0 unspecified atom stereocenters. The van der Waals surface area contributed by atoms with Gasteiger partial charge in [0.25, 0.3) is 0 Å². The van der Waals surface area contributed by atoms with Crippen molar-refractivity contribution in [2.24, 2.45) is 0 Å². The minimum absolute atomic E-state index is 0.0475. The minimum atomic E-state index is -0.0475. The number of rotatable bonds is 6. The molecule has 0 atom stereocenters. The van der Waals surface area contributed by atoms with E-state index in [0.29, 0.717) is 13.0 Å². The number of ether oxygens (including phenoxy) is 2. The summed E-state index contributed by atoms with van der Waals surface area (Å²) < 4.78 is 10.6. The van der Waals surface area contributed by atoms with E-state index >= 15 is 0 Å². The van der Waals surface area contributed by atoms with Gasteiger partial charge in [0.05, 0.1) is 20.1 Å². The summed E-state index contributed by atoms with van der Waals surface area (Å²) in [5.74, 6) is 1.58. The molecule has 0 heterocycles. The number of amides is 1. The number of nitrogens with one attached hydrogen (secondary N) is 1. The summed E-state index contributed by atoms with van der Waals surface area (Å²) in [6, 6.07) is 13.1. The standard InChI is InChI=1S/C18H21NO3/c1-4-22-16-8-6-15(7-9-16)19-18(20)12-14-5-10-17(21-3)13(2)11-14/h5-11H,4,12H2,1-3H3,(H,19,20). The lowest BCUT2D eigenvalue weighted by Gasteiger charge is -2.09. The van der Waals surface area contributed by atoms with E-state index < -0.39 is 0 Å². The van der Waals surface area contributed by atoms with Crippen molar-refractivity contribution in [3.05, 3.63) is 53.6 Å². The maximum absolute atomic E-state index is 12.1. The smallest absolute Gasteiger partial charge is 0.228 e. The van der Waals surface area contributed by atoms with Gasteiger partial charge in [-0.25, -0.2) is 0 Å². The lowest BCUT2D eigenvalue weighted by atomic mass is 10.1. The van der Waals surface area contributed by atoms with Crippen LogP contribution in [0.3, 0.4) is 0 Å². The first kappa shape index (κ1) is 15.9. The highest BCUT2D eigenvalue weighted by molar-refractivity contribution is 5.92. The Kier molecular flexibility index (Phi) is 5.42. The molecule has 0 aromatic heterocycles. The van der Waals surface area contributed by atoms with Crippen LogP contribution in [-0.2, 0) is 11.2 Å². The number of hydrogen-bond acceptors (Lipinski definition) is 3. The number of aryl methyl sites for hydroxylation is 1. The van der Waals surface area contributed by atoms with Crippen LogP contribution in [-0.4, -0.2) is 19.6 Å². The van der Waals surface area contributed by atoms with Gasteiger partial charge in [0.2, 0.25) is 5.91 Å². The first-order valence-electron chi connectivity index (χ1n) is 7.28. The quantitative estimate of drug-likeness (QED) is 0.887. The molecule has 1 N–H and O–H groups in total. The number of hydrogen-bond donors (Lipinski definition) is 1. The normalized spacial score (nSPS) is 10.1. The van der Waals surface area contributed by atoms with Crippen LogP contribution in [0.2, 0.25) is 0 Å². The van der Waals surface area contributed by atoms with Crippen LogP contribution in [0.4, 0.5) is 5.69 Å². The predicted molar refractivity (Wildman–Crippen MR) is 87.7 cm³/mol. The van der Waals surface area contributed by atoms with Crippen molar-refractivity contribution in [1.29, 1.82) is 0 Å². The van der Waals surface area contributed by atoms with E-state index in [0.717, 1.165) is 28.3 Å². The molecule has 0 aliphatic heterocycles. The van der Waals surface area contributed by atoms with E-state index in [1.807, 2.05) is 56.3 Å². The Labute approximate surface area is 131 Å². The topological polar surface area (TPSA) is 47.6 Å². The maximum atomic E-state index is 12.1. The Bertz CT molecular complexity index is 635. The highest BCUT2D eigenvalue weighted by Crippen LogP contribution is 2.19. The summed E-state index contributed by atoms with van der Waals surface area (Å²) in [6.45, 7) is 4.53. The van der Waals surface area contributed by atoms with Gasteiger partial charge in [0, 0.05) is 5.69 Å². The van der Waals surface area contributed by atoms with Crippen LogP contribution >= 0.6 is 0 Å². The minimum Gasteiger partial charge on any atom is -0.496 e. The number of anilines is 1. The molecule has 2 aromatic rings. The monoisotopic (exact) mass is 299 g/mol. The van der Waals surface area contributed by atoms with Crippen molar-refractivity contribution < 1.29 is 14.3 Å². The summed E-state index contributed by atoms with van der Waals surface area (Å²) in [5, 5.41) is 2.88. The van der Waals surface area contributed by atoms with E-state index in [1.54, 1.807) is 7.11 Å². The molecule has 4 heteroatoms. The van der Waals surface area contributed by atoms with Gasteiger partial charge in [-0.05, 0) is 55.3 Å². The van der Waals surface area contributed by atoms with Crippen LogP contribution in [0.15, 0.2) is 42.5 Å². The van der Waals surface area contributed by atoms with E-state index in [1.165, 1.54) is 0 Å². The second-order valence-corrected chi connectivity index (χ2v) is 4.99. The van der Waals surface area contributed by atoms with Crippen molar-refractivity contribution in [1.82, 2.24) is 0 Å². The van der Waals surface area contributed by atoms with E-state index in [2.05, 4.69) is 5.32 Å². The highest BCUT2D eigenvalue weighted by atomic mass is 16.5. The van der Waals surface area contributed by atoms with Gasteiger partial charge in [-0.3, -0.25) is 4.79 Å². The fraction of sp³-hybridized carbons (Fsp3) is 0.278. The molecule has 0 radical (unpaired) electrons. The summed E-state index contributed by atoms with van der Waals surface area (Å²) in [6.07, 6.45) is 0.331. The van der Waals surface area contributed by atoms with E-state index in [-0.39, 0.29) is 5.91 Å². The van der Waals surface area contributed by atoms with Crippen molar-refractivity contribution in [2.45, 2.75) is 20.3 Å². The van der Waals surface area contributed by atoms with Gasteiger partial charge in [-0.15, -0.1) is 0 Å². The molecule has 0 saturated heterocycles. The summed E-state index contributed by atoms with van der Waals surface area (Å²) in [4.78, 5) is 12.1. The molecule has 1 amide bonds. The van der Waals surface area contributed by atoms with Crippen molar-refractivity contribution in [2.75, 3.05) is 19.0 Å². The number of methoxy groups -OCH3 is 1. The molecule has 0 saturated carbocycles. The van der Waals surface area contributed by atoms with Gasteiger partial charge in [-0.1, -0.05) is 12.1 Å². The maximum Gasteiger partial charge on any atom is 0.228 e. The Morgan fingerprint density at radius 1 is 1.14 bits per heavy atom. The lowest BCUT2D eigenvalue weighted by Crippen LogP contribution is -2.14. The number of carbonyl (C=O) groups is 1. The van der Waals surface area contributed by atoms with Gasteiger partial charge >= 0.3 is 0 Å². The third-order valence-electron chi connectivity index (χ3n) is 3.27. The van der Waals surface area contributed by atoms with Crippen LogP contribution < -0.4 is 14.8 Å². The molecule has 0 aliphatic rings. The second-order valence-electron chi connectivity index (χ2n) is 4.99. The average Bonchev–Trinajstić information content (AvgIpc) is 2.50. The molecule has 0 spiro atoms. The first-order chi connectivity index (χ1) is 10.6. The molecular weight excluding hydrogens is 278 g/mol. The number of carbonyl (C=O) groups excluding carboxylic acids is 1. The Hall–Kier alpha value is -2.49. The third kappa shape index (κ3) is 4.25. The van der Waals surface area contributed by atoms with Gasteiger partial charge in [0.15, 0.2) is 0 Å². The molecule has 2 rings (SSSR count). The average molecular weight is 299 g/mol. The van der Waals surface area contributed by atoms with Gasteiger partial charge < -0.3 is 14.8 Å². The molecule has 0 bridgehead atoms. The first-order valence-corrected chi connectivity index (χ1v) is 7.28. The highest BCUT2D eigenvalue weighted by Gasteiger charge is 2.06. The van der Waals surface area contributed by atoms with Crippen LogP contribution in [0.5, 0.6) is 11.5 Å². The lowest BCUT2D eigenvalue weighted by molar-refractivity contribution is -0.115. The zero-order chi connectivity index (χ0) is 15.9. The zero-order valence-electron chi connectivity index (χ0n) is 13.2. The summed E-state index contributed by atoms with van der Waals surface area (Å²) in [7, 11) is 1.64. The molecule has 0 fully saturated rings. The fourth-order valence-electron chi connectivity index (χ4n) is 2.24. The third-order valence-corrected chi connectivity index (χ3v) is 3.27. The molecule has 2 aromatic carbocycles. The SMILES string of the molecule is CCOc1ccc(NC(=O)Cc2ccc(OC)c(C)c2)cc1. The van der Waals surface area contributed by atoms with Gasteiger partial charge in [0.1, 0.15) is 11.5 Å². The second kappa shape index (κ2) is 7.50. The molecule has 0 aliphatic carbocycles. The van der Waals surface area contributed by atoms with E-state index in [4.69, 9.17) is 9.47 Å². The molecule has 116 valence electrons. The summed E-state index contributed by atoms with van der Waals surface area (Å²) in [5.41, 5.74) is 2.74. The predicted octanol–water partition coefficient (Wildman–Crippen LogP) is 3.58. The van der Waals surface area contributed by atoms with Crippen LogP contribution in [0.25, 0.3) is 0 Å². The Balaban J connectivity index is 1.96. The molecule has 22 heavy (non-hydrogen) atoms. The van der Waals surface area contributed by atoms with Crippen molar-refractivity contribution in [3.63, 3.8) is 0 Å². The van der Waals surface area contributed by atoms with Gasteiger partial charge in [-0.2, -0.15) is 0 Å². The zero-order valence-corrected chi connectivity index (χ0v) is 13.2. The van der Waals surface area contributed by atoms with Crippen molar-refractivity contribution in [3.8, 4) is 11.5 Å². The number of benzene rings is 2. The largest absolute Gasteiger partial charge is 0.496 e. The Morgan fingerprint density at radius 3 is 2.45 bits per heavy atom. The van der Waals surface area contributed by atoms with Crippen LogP contribution in [0.1, 0.15) is 18.1 Å². The summed E-state index contributed by atoms with van der Waals surface area (Å²) >= 11 is 0. The van der Waals surface area contributed by atoms with E-state index in [9.17, 15) is 4.79 Å². The fourth-order valence-corrected chi connectivity index (χ4v) is 2.24. The van der Waals surface area contributed by atoms with Crippen LogP contribution in [0, 0.1) is 6.92 Å². The molecular formula is C18H21NO3. The molecule has 4 nitrogen and oxygen atoms in total. The Morgan fingerprint density at radius 2 is 1.86 bits per heavy atom.